The van der Waals surface area contributed by atoms with Gasteiger partial charge in [0.15, 0.2) is 0 Å². The van der Waals surface area contributed by atoms with Crippen molar-refractivity contribution in [3.63, 3.8) is 0 Å². The Labute approximate surface area is 117 Å². The zero-order chi connectivity index (χ0) is 14.4. The summed E-state index contributed by atoms with van der Waals surface area (Å²) in [6.07, 6.45) is 3.42. The van der Waals surface area contributed by atoms with E-state index >= 15 is 0 Å². The Morgan fingerprint density at radius 1 is 1.50 bits per heavy atom. The molecule has 2 rings (SSSR count). The number of nitro benzene ring substituents is 1. The third kappa shape index (κ3) is 3.89. The van der Waals surface area contributed by atoms with Crippen molar-refractivity contribution in [2.24, 2.45) is 5.84 Å². The molecule has 0 aliphatic carbocycles. The van der Waals surface area contributed by atoms with E-state index < -0.39 is 4.92 Å². The van der Waals surface area contributed by atoms with E-state index in [2.05, 4.69) is 5.43 Å². The molecule has 1 aromatic carbocycles. The minimum absolute atomic E-state index is 0.0532. The van der Waals surface area contributed by atoms with Crippen molar-refractivity contribution in [3.8, 4) is 0 Å². The lowest BCUT2D eigenvalue weighted by Crippen LogP contribution is -2.24. The highest BCUT2D eigenvalue weighted by molar-refractivity contribution is 5.61. The van der Waals surface area contributed by atoms with E-state index in [1.807, 2.05) is 0 Å². The lowest BCUT2D eigenvalue weighted by Gasteiger charge is -2.22. The van der Waals surface area contributed by atoms with Crippen LogP contribution in [0, 0.1) is 10.1 Å². The standard InChI is InChI=1S/C13H19N3O4/c14-15-12-5-4-10(7-13(12)16(17)18)8-19-9-11-3-1-2-6-20-11/h4-5,7,11,15H,1-3,6,8-9,14H2. The molecule has 1 unspecified atom stereocenters. The molecule has 110 valence electrons. The number of ether oxygens (including phenoxy) is 2. The van der Waals surface area contributed by atoms with Crippen molar-refractivity contribution in [2.45, 2.75) is 32.0 Å². The molecular formula is C13H19N3O4. The van der Waals surface area contributed by atoms with Gasteiger partial charge >= 0.3 is 0 Å². The molecule has 1 atom stereocenters. The maximum atomic E-state index is 10.9. The van der Waals surface area contributed by atoms with Gasteiger partial charge in [-0.3, -0.25) is 16.0 Å². The smallest absolute Gasteiger partial charge is 0.294 e. The van der Waals surface area contributed by atoms with Gasteiger partial charge in [0.25, 0.3) is 5.69 Å². The number of hydrogen-bond donors (Lipinski definition) is 2. The van der Waals surface area contributed by atoms with Gasteiger partial charge in [-0.15, -0.1) is 0 Å². The topological polar surface area (TPSA) is 99.7 Å². The molecule has 1 saturated heterocycles. The van der Waals surface area contributed by atoms with E-state index in [0.717, 1.165) is 31.4 Å². The largest absolute Gasteiger partial charge is 0.376 e. The minimum Gasteiger partial charge on any atom is -0.376 e. The molecule has 0 bridgehead atoms. The van der Waals surface area contributed by atoms with Gasteiger partial charge in [0, 0.05) is 12.7 Å². The van der Waals surface area contributed by atoms with Crippen LogP contribution in [0.3, 0.4) is 0 Å². The summed E-state index contributed by atoms with van der Waals surface area (Å²) in [6.45, 7) is 1.63. The van der Waals surface area contributed by atoms with Gasteiger partial charge in [0.05, 0.1) is 24.2 Å². The number of rotatable bonds is 6. The summed E-state index contributed by atoms with van der Waals surface area (Å²) in [4.78, 5) is 10.4. The number of hydrogen-bond acceptors (Lipinski definition) is 6. The van der Waals surface area contributed by atoms with Crippen molar-refractivity contribution in [3.05, 3.63) is 33.9 Å². The molecule has 7 nitrogen and oxygen atoms in total. The molecule has 0 spiro atoms. The normalized spacial score (nSPS) is 18.8. The fourth-order valence-corrected chi connectivity index (χ4v) is 2.19. The molecule has 1 heterocycles. The molecule has 1 aromatic rings. The van der Waals surface area contributed by atoms with E-state index in [9.17, 15) is 10.1 Å². The first-order chi connectivity index (χ1) is 9.70. The highest BCUT2D eigenvalue weighted by Gasteiger charge is 2.16. The number of nitro groups is 1. The molecule has 7 heteroatoms. The third-order valence-electron chi connectivity index (χ3n) is 3.26. The first kappa shape index (κ1) is 14.7. The van der Waals surface area contributed by atoms with Crippen LogP contribution in [-0.2, 0) is 16.1 Å². The average Bonchev–Trinajstić information content (AvgIpc) is 2.48. The Morgan fingerprint density at radius 2 is 2.35 bits per heavy atom. The van der Waals surface area contributed by atoms with E-state index in [0.29, 0.717) is 13.2 Å². The number of nitrogens with zero attached hydrogens (tertiary/aromatic N) is 1. The van der Waals surface area contributed by atoms with Crippen molar-refractivity contribution in [1.82, 2.24) is 0 Å². The summed E-state index contributed by atoms with van der Waals surface area (Å²) in [5.41, 5.74) is 3.28. The van der Waals surface area contributed by atoms with Crippen LogP contribution in [0.1, 0.15) is 24.8 Å². The Bertz CT molecular complexity index is 461. The molecule has 1 fully saturated rings. The Kier molecular flexibility index (Phi) is 5.28. The molecule has 0 radical (unpaired) electrons. The van der Waals surface area contributed by atoms with Gasteiger partial charge in [-0.1, -0.05) is 6.07 Å². The quantitative estimate of drug-likeness (QED) is 0.470. The summed E-state index contributed by atoms with van der Waals surface area (Å²) in [5.74, 6) is 5.23. The molecule has 1 aliphatic rings. The van der Waals surface area contributed by atoms with Crippen LogP contribution in [0.5, 0.6) is 0 Å². The van der Waals surface area contributed by atoms with Crippen molar-refractivity contribution in [2.75, 3.05) is 18.6 Å². The van der Waals surface area contributed by atoms with Gasteiger partial charge in [-0.2, -0.15) is 0 Å². The van der Waals surface area contributed by atoms with Crippen molar-refractivity contribution < 1.29 is 14.4 Å². The van der Waals surface area contributed by atoms with Crippen molar-refractivity contribution >= 4 is 11.4 Å². The van der Waals surface area contributed by atoms with Crippen LogP contribution in [-0.4, -0.2) is 24.2 Å². The van der Waals surface area contributed by atoms with Crippen molar-refractivity contribution in [1.29, 1.82) is 0 Å². The lowest BCUT2D eigenvalue weighted by molar-refractivity contribution is -0.384. The predicted molar refractivity (Wildman–Crippen MR) is 74.2 cm³/mol. The maximum Gasteiger partial charge on any atom is 0.294 e. The number of nitrogens with two attached hydrogens (primary N) is 1. The lowest BCUT2D eigenvalue weighted by atomic mass is 10.1. The monoisotopic (exact) mass is 281 g/mol. The van der Waals surface area contributed by atoms with Gasteiger partial charge in [0.2, 0.25) is 0 Å². The number of nitrogen functional groups attached to an aromatic ring is 1. The van der Waals surface area contributed by atoms with Gasteiger partial charge in [-0.25, -0.2) is 0 Å². The second kappa shape index (κ2) is 7.18. The van der Waals surface area contributed by atoms with Crippen LogP contribution < -0.4 is 11.3 Å². The second-order valence-corrected chi connectivity index (χ2v) is 4.76. The summed E-state index contributed by atoms with van der Waals surface area (Å²) in [6, 6.07) is 4.80. The number of anilines is 1. The number of nitrogens with one attached hydrogen (secondary N) is 1. The summed E-state index contributed by atoms with van der Waals surface area (Å²) >= 11 is 0. The van der Waals surface area contributed by atoms with Crippen LogP contribution in [0.15, 0.2) is 18.2 Å². The van der Waals surface area contributed by atoms with E-state index in [1.54, 1.807) is 12.1 Å². The Morgan fingerprint density at radius 3 is 3.00 bits per heavy atom. The number of benzene rings is 1. The molecule has 0 amide bonds. The fourth-order valence-electron chi connectivity index (χ4n) is 2.19. The predicted octanol–water partition coefficient (Wildman–Crippen LogP) is 1.97. The van der Waals surface area contributed by atoms with Crippen LogP contribution >= 0.6 is 0 Å². The summed E-state index contributed by atoms with van der Waals surface area (Å²) in [5, 5.41) is 10.9. The molecule has 0 saturated carbocycles. The molecule has 1 aliphatic heterocycles. The van der Waals surface area contributed by atoms with Gasteiger partial charge in [-0.05, 0) is 30.9 Å². The molecule has 3 N–H and O–H groups in total. The third-order valence-corrected chi connectivity index (χ3v) is 3.26. The van der Waals surface area contributed by atoms with Crippen LogP contribution in [0.25, 0.3) is 0 Å². The van der Waals surface area contributed by atoms with E-state index in [1.165, 1.54) is 6.07 Å². The zero-order valence-electron chi connectivity index (χ0n) is 11.2. The van der Waals surface area contributed by atoms with E-state index in [-0.39, 0.29) is 17.5 Å². The maximum absolute atomic E-state index is 10.9. The SMILES string of the molecule is NNc1ccc(COCC2CCCCO2)cc1[N+](=O)[O-]. The van der Waals surface area contributed by atoms with Crippen LogP contribution in [0.2, 0.25) is 0 Å². The van der Waals surface area contributed by atoms with E-state index in [4.69, 9.17) is 15.3 Å². The Balaban J connectivity index is 1.89. The minimum atomic E-state index is -0.469. The molecule has 0 aromatic heterocycles. The first-order valence-electron chi connectivity index (χ1n) is 6.64. The first-order valence-corrected chi connectivity index (χ1v) is 6.64. The summed E-state index contributed by atoms with van der Waals surface area (Å²) < 4.78 is 11.1. The highest BCUT2D eigenvalue weighted by atomic mass is 16.6. The average molecular weight is 281 g/mol. The van der Waals surface area contributed by atoms with Gasteiger partial charge in [0.1, 0.15) is 5.69 Å². The Hall–Kier alpha value is -1.70. The molecule has 20 heavy (non-hydrogen) atoms. The number of hydrazine groups is 1. The molecular weight excluding hydrogens is 262 g/mol. The highest BCUT2D eigenvalue weighted by Crippen LogP contribution is 2.25. The summed E-state index contributed by atoms with van der Waals surface area (Å²) in [7, 11) is 0. The van der Waals surface area contributed by atoms with Crippen LogP contribution in [0.4, 0.5) is 11.4 Å². The fraction of sp³-hybridized carbons (Fsp3) is 0.538. The van der Waals surface area contributed by atoms with Gasteiger partial charge < -0.3 is 14.9 Å². The zero-order valence-corrected chi connectivity index (χ0v) is 11.2. The second-order valence-electron chi connectivity index (χ2n) is 4.76.